The molecule has 2 N–H and O–H groups in total. The van der Waals surface area contributed by atoms with Gasteiger partial charge in [0.25, 0.3) is 0 Å². The van der Waals surface area contributed by atoms with Gasteiger partial charge in [0.15, 0.2) is 0 Å². The van der Waals surface area contributed by atoms with Crippen molar-refractivity contribution in [3.63, 3.8) is 0 Å². The number of aromatic hydroxyl groups is 1. The maximum Gasteiger partial charge on any atom is 0.120 e. The Hall–Kier alpha value is -1.80. The third-order valence-corrected chi connectivity index (χ3v) is 3.12. The Morgan fingerprint density at radius 1 is 1.00 bits per heavy atom. The molecule has 0 heterocycles. The number of benzene rings is 2. The normalized spacial score (nSPS) is 12.3. The number of rotatable bonds is 5. The number of hydrogen-bond acceptors (Lipinski definition) is 2. The van der Waals surface area contributed by atoms with E-state index in [9.17, 15) is 5.11 Å². The number of phenols is 1. The molecule has 1 atom stereocenters. The minimum absolute atomic E-state index is 0.186. The maximum absolute atomic E-state index is 9.87. The highest BCUT2D eigenvalue weighted by Crippen LogP contribution is 2.25. The summed E-state index contributed by atoms with van der Waals surface area (Å²) in [6.45, 7) is 2.93. The van der Waals surface area contributed by atoms with Gasteiger partial charge in [0, 0.05) is 18.2 Å². The Bertz CT molecular complexity index is 481. The van der Waals surface area contributed by atoms with Gasteiger partial charge >= 0.3 is 0 Å². The lowest BCUT2D eigenvalue weighted by Crippen LogP contribution is -2.20. The Balaban J connectivity index is 2.04. The average molecular weight is 241 g/mol. The quantitative estimate of drug-likeness (QED) is 0.837. The summed E-state index contributed by atoms with van der Waals surface area (Å²) >= 11 is 0. The van der Waals surface area contributed by atoms with Crippen LogP contribution in [0.1, 0.15) is 30.5 Å². The molecule has 0 aliphatic carbocycles. The fourth-order valence-corrected chi connectivity index (χ4v) is 2.09. The van der Waals surface area contributed by atoms with E-state index in [1.165, 1.54) is 5.56 Å². The van der Waals surface area contributed by atoms with E-state index in [1.807, 2.05) is 36.4 Å². The highest BCUT2D eigenvalue weighted by molar-refractivity contribution is 5.34. The number of nitrogens with one attached hydrogen (secondary N) is 1. The smallest absolute Gasteiger partial charge is 0.120 e. The van der Waals surface area contributed by atoms with Gasteiger partial charge in [0.1, 0.15) is 5.75 Å². The monoisotopic (exact) mass is 241 g/mol. The predicted molar refractivity (Wildman–Crippen MR) is 74.4 cm³/mol. The molecule has 2 nitrogen and oxygen atoms in total. The summed E-state index contributed by atoms with van der Waals surface area (Å²) in [6, 6.07) is 18.0. The molecule has 2 heteroatoms. The van der Waals surface area contributed by atoms with Crippen LogP contribution in [0.4, 0.5) is 0 Å². The molecular formula is C16H19NO. The molecule has 0 aliphatic heterocycles. The first-order valence-electron chi connectivity index (χ1n) is 6.36. The molecule has 0 aliphatic rings. The van der Waals surface area contributed by atoms with Gasteiger partial charge in [-0.2, -0.15) is 0 Å². The van der Waals surface area contributed by atoms with Gasteiger partial charge in [-0.15, -0.1) is 0 Å². The summed E-state index contributed by atoms with van der Waals surface area (Å²) < 4.78 is 0. The third kappa shape index (κ3) is 3.11. The molecule has 0 saturated carbocycles. The molecule has 94 valence electrons. The number of para-hydroxylation sites is 1. The van der Waals surface area contributed by atoms with Gasteiger partial charge < -0.3 is 10.4 Å². The lowest BCUT2D eigenvalue weighted by atomic mass is 10.0. The third-order valence-electron chi connectivity index (χ3n) is 3.12. The van der Waals surface area contributed by atoms with Crippen LogP contribution in [0, 0.1) is 0 Å². The average Bonchev–Trinajstić information content (AvgIpc) is 2.42. The largest absolute Gasteiger partial charge is 0.508 e. The van der Waals surface area contributed by atoms with Crippen LogP contribution in [-0.4, -0.2) is 5.11 Å². The van der Waals surface area contributed by atoms with Crippen LogP contribution in [0.5, 0.6) is 5.75 Å². The van der Waals surface area contributed by atoms with Crippen LogP contribution >= 0.6 is 0 Å². The zero-order chi connectivity index (χ0) is 12.8. The van der Waals surface area contributed by atoms with E-state index in [0.29, 0.717) is 5.75 Å². The molecule has 2 aromatic carbocycles. The fourth-order valence-electron chi connectivity index (χ4n) is 2.09. The summed E-state index contributed by atoms with van der Waals surface area (Å²) in [5, 5.41) is 13.4. The van der Waals surface area contributed by atoms with E-state index < -0.39 is 0 Å². The Labute approximate surface area is 108 Å². The molecule has 0 saturated heterocycles. The Morgan fingerprint density at radius 2 is 1.67 bits per heavy atom. The first kappa shape index (κ1) is 12.7. The van der Waals surface area contributed by atoms with Crippen molar-refractivity contribution in [3.8, 4) is 5.75 Å². The molecule has 2 rings (SSSR count). The minimum Gasteiger partial charge on any atom is -0.508 e. The van der Waals surface area contributed by atoms with Crippen molar-refractivity contribution in [2.45, 2.75) is 25.9 Å². The van der Waals surface area contributed by atoms with Crippen molar-refractivity contribution >= 4 is 0 Å². The fraction of sp³-hybridized carbons (Fsp3) is 0.250. The SMILES string of the molecule is CC[C@H](NCc1ccccc1)c1ccccc1O. The summed E-state index contributed by atoms with van der Waals surface area (Å²) in [5.41, 5.74) is 2.22. The summed E-state index contributed by atoms with van der Waals surface area (Å²) in [5.74, 6) is 0.366. The first-order chi connectivity index (χ1) is 8.81. The zero-order valence-electron chi connectivity index (χ0n) is 10.6. The maximum atomic E-state index is 9.87. The Morgan fingerprint density at radius 3 is 2.33 bits per heavy atom. The van der Waals surface area contributed by atoms with E-state index in [0.717, 1.165) is 18.5 Å². The number of phenolic OH excluding ortho intramolecular Hbond substituents is 1. The van der Waals surface area contributed by atoms with E-state index in [2.05, 4.69) is 24.4 Å². The molecule has 2 aromatic rings. The summed E-state index contributed by atoms with van der Waals surface area (Å²) in [4.78, 5) is 0. The van der Waals surface area contributed by atoms with Crippen molar-refractivity contribution in [1.82, 2.24) is 5.32 Å². The van der Waals surface area contributed by atoms with Crippen LogP contribution in [0.15, 0.2) is 54.6 Å². The molecule has 0 radical (unpaired) electrons. The predicted octanol–water partition coefficient (Wildman–Crippen LogP) is 3.63. The van der Waals surface area contributed by atoms with Crippen LogP contribution in [0.2, 0.25) is 0 Å². The second-order valence-electron chi connectivity index (χ2n) is 4.39. The standard InChI is InChI=1S/C16H19NO/c1-2-15(14-10-6-7-11-16(14)18)17-12-13-8-4-3-5-9-13/h3-11,15,17-18H,2,12H2,1H3/t15-/m0/s1. The second-order valence-corrected chi connectivity index (χ2v) is 4.39. The van der Waals surface area contributed by atoms with Gasteiger partial charge in [-0.25, -0.2) is 0 Å². The Kier molecular flexibility index (Phi) is 4.37. The molecular weight excluding hydrogens is 222 g/mol. The minimum atomic E-state index is 0.186. The van der Waals surface area contributed by atoms with Gasteiger partial charge in [-0.1, -0.05) is 55.5 Å². The van der Waals surface area contributed by atoms with Crippen molar-refractivity contribution in [2.24, 2.45) is 0 Å². The van der Waals surface area contributed by atoms with Crippen molar-refractivity contribution < 1.29 is 5.11 Å². The molecule has 0 spiro atoms. The molecule has 0 bridgehead atoms. The van der Waals surface area contributed by atoms with Crippen LogP contribution in [-0.2, 0) is 6.54 Å². The molecule has 18 heavy (non-hydrogen) atoms. The number of hydrogen-bond donors (Lipinski definition) is 2. The van der Waals surface area contributed by atoms with Gasteiger partial charge in [0.05, 0.1) is 0 Å². The molecule has 0 amide bonds. The van der Waals surface area contributed by atoms with Crippen LogP contribution < -0.4 is 5.32 Å². The van der Waals surface area contributed by atoms with E-state index in [4.69, 9.17) is 0 Å². The van der Waals surface area contributed by atoms with Crippen molar-refractivity contribution in [1.29, 1.82) is 0 Å². The van der Waals surface area contributed by atoms with Gasteiger partial charge in [-0.3, -0.25) is 0 Å². The zero-order valence-corrected chi connectivity index (χ0v) is 10.6. The van der Waals surface area contributed by atoms with Crippen LogP contribution in [0.25, 0.3) is 0 Å². The van der Waals surface area contributed by atoms with Gasteiger partial charge in [-0.05, 0) is 18.1 Å². The highest BCUT2D eigenvalue weighted by atomic mass is 16.3. The second kappa shape index (κ2) is 6.22. The molecule has 0 unspecified atom stereocenters. The molecule has 0 aromatic heterocycles. The first-order valence-corrected chi connectivity index (χ1v) is 6.36. The topological polar surface area (TPSA) is 32.3 Å². The highest BCUT2D eigenvalue weighted by Gasteiger charge is 2.11. The van der Waals surface area contributed by atoms with Gasteiger partial charge in [0.2, 0.25) is 0 Å². The summed E-state index contributed by atoms with van der Waals surface area (Å²) in [6.07, 6.45) is 0.949. The van der Waals surface area contributed by atoms with Crippen LogP contribution in [0.3, 0.4) is 0 Å². The van der Waals surface area contributed by atoms with E-state index in [1.54, 1.807) is 6.07 Å². The lowest BCUT2D eigenvalue weighted by Gasteiger charge is -2.18. The van der Waals surface area contributed by atoms with E-state index in [-0.39, 0.29) is 6.04 Å². The lowest BCUT2D eigenvalue weighted by molar-refractivity contribution is 0.441. The van der Waals surface area contributed by atoms with Crippen molar-refractivity contribution in [2.75, 3.05) is 0 Å². The van der Waals surface area contributed by atoms with Crippen molar-refractivity contribution in [3.05, 3.63) is 65.7 Å². The summed E-state index contributed by atoms with van der Waals surface area (Å²) in [7, 11) is 0. The molecule has 0 fully saturated rings. The van der Waals surface area contributed by atoms with E-state index >= 15 is 0 Å².